The van der Waals surface area contributed by atoms with Crippen LogP contribution in [0, 0.1) is 6.92 Å². The monoisotopic (exact) mass is 401 g/mol. The van der Waals surface area contributed by atoms with E-state index in [-0.39, 0.29) is 18.0 Å². The Morgan fingerprint density at radius 2 is 1.77 bits per heavy atom. The Bertz CT molecular complexity index is 1140. The van der Waals surface area contributed by atoms with Crippen LogP contribution >= 0.6 is 0 Å². The predicted octanol–water partition coefficient (Wildman–Crippen LogP) is 2.58. The van der Waals surface area contributed by atoms with Gasteiger partial charge < -0.3 is 15.2 Å². The Hall–Kier alpha value is -3.48. The molecular formula is C23H23N5O2. The molecule has 0 unspecified atom stereocenters. The van der Waals surface area contributed by atoms with Crippen molar-refractivity contribution in [3.8, 4) is 11.4 Å². The number of aromatic nitrogens is 3. The van der Waals surface area contributed by atoms with E-state index < -0.39 is 5.91 Å². The van der Waals surface area contributed by atoms with Gasteiger partial charge in [-0.15, -0.1) is 0 Å². The van der Waals surface area contributed by atoms with Crippen LogP contribution in [0.15, 0.2) is 48.5 Å². The topological polar surface area (TPSA) is 94.1 Å². The number of fused-ring (bicyclic) bond motifs is 3. The molecule has 3 aromatic rings. The molecule has 2 aliphatic heterocycles. The van der Waals surface area contributed by atoms with E-state index in [9.17, 15) is 9.59 Å². The molecule has 2 aromatic heterocycles. The molecule has 1 fully saturated rings. The predicted molar refractivity (Wildman–Crippen MR) is 112 cm³/mol. The zero-order valence-electron chi connectivity index (χ0n) is 16.8. The number of hydrogen-bond donors (Lipinski definition) is 1. The van der Waals surface area contributed by atoms with E-state index in [1.54, 1.807) is 6.07 Å². The van der Waals surface area contributed by atoms with Crippen LogP contribution in [0.25, 0.3) is 11.4 Å². The third kappa shape index (κ3) is 2.98. The lowest BCUT2D eigenvalue weighted by Gasteiger charge is -2.28. The smallest absolute Gasteiger partial charge is 0.273 e. The van der Waals surface area contributed by atoms with E-state index in [1.807, 2.05) is 54.3 Å². The quantitative estimate of drug-likeness (QED) is 0.730. The van der Waals surface area contributed by atoms with Crippen LogP contribution in [0.3, 0.4) is 0 Å². The first kappa shape index (κ1) is 18.5. The molecule has 0 radical (unpaired) electrons. The number of nitrogens with zero attached hydrogens (tertiary/aromatic N) is 4. The fourth-order valence-electron chi connectivity index (χ4n) is 4.80. The van der Waals surface area contributed by atoms with Crippen LogP contribution in [0.2, 0.25) is 0 Å². The number of imidazole rings is 1. The van der Waals surface area contributed by atoms with Crippen molar-refractivity contribution in [1.29, 1.82) is 0 Å². The number of carbonyl (C=O) groups excluding carboxylic acids is 2. The van der Waals surface area contributed by atoms with Gasteiger partial charge in [0.15, 0.2) is 0 Å². The number of nitrogens with two attached hydrogens (primary N) is 1. The number of benzene rings is 1. The van der Waals surface area contributed by atoms with Crippen molar-refractivity contribution in [1.82, 2.24) is 19.4 Å². The standard InChI is InChI=1S/C23H23N5O2/c1-14-6-5-9-18(25-14)23(30)28-16-10-11-17(28)13-27-19(12-16)20(21(24)29)26-22(27)15-7-3-2-4-8-15/h2-9,16-17H,10-13H2,1H3,(H2,24,29)/t16-,17+/m0/s1. The summed E-state index contributed by atoms with van der Waals surface area (Å²) in [5, 5.41) is 0. The lowest BCUT2D eigenvalue weighted by atomic mass is 10.1. The fraction of sp³-hybridized carbons (Fsp3) is 0.304. The second-order valence-electron chi connectivity index (χ2n) is 8.04. The molecule has 2 aliphatic rings. The number of primary amides is 1. The normalized spacial score (nSPS) is 20.0. The molecule has 1 aromatic carbocycles. The van der Waals surface area contributed by atoms with Crippen LogP contribution in [0.5, 0.6) is 0 Å². The van der Waals surface area contributed by atoms with E-state index in [0.29, 0.717) is 24.4 Å². The molecular weight excluding hydrogens is 378 g/mol. The Morgan fingerprint density at radius 1 is 1.00 bits per heavy atom. The zero-order chi connectivity index (χ0) is 20.8. The fourth-order valence-corrected chi connectivity index (χ4v) is 4.80. The molecule has 7 heteroatoms. The molecule has 5 rings (SSSR count). The van der Waals surface area contributed by atoms with Gasteiger partial charge in [-0.3, -0.25) is 9.59 Å². The van der Waals surface area contributed by atoms with Crippen LogP contribution in [-0.2, 0) is 13.0 Å². The molecule has 0 aliphatic carbocycles. The summed E-state index contributed by atoms with van der Waals surface area (Å²) in [5.41, 5.74) is 9.03. The third-order valence-electron chi connectivity index (χ3n) is 6.12. The second-order valence-corrected chi connectivity index (χ2v) is 8.04. The van der Waals surface area contributed by atoms with Gasteiger partial charge in [-0.1, -0.05) is 36.4 Å². The largest absolute Gasteiger partial charge is 0.364 e. The minimum Gasteiger partial charge on any atom is -0.364 e. The summed E-state index contributed by atoms with van der Waals surface area (Å²) < 4.78 is 2.09. The lowest BCUT2D eigenvalue weighted by Crippen LogP contribution is -2.42. The molecule has 30 heavy (non-hydrogen) atoms. The summed E-state index contributed by atoms with van der Waals surface area (Å²) in [7, 11) is 0. The van der Waals surface area contributed by atoms with Gasteiger partial charge >= 0.3 is 0 Å². The molecule has 2 bridgehead atoms. The molecule has 1 saturated heterocycles. The summed E-state index contributed by atoms with van der Waals surface area (Å²) in [4.78, 5) is 36.5. The van der Waals surface area contributed by atoms with Crippen LogP contribution in [0.1, 0.15) is 45.2 Å². The first-order valence-electron chi connectivity index (χ1n) is 10.2. The minimum atomic E-state index is -0.531. The molecule has 0 saturated carbocycles. The van der Waals surface area contributed by atoms with Crippen LogP contribution in [-0.4, -0.2) is 43.3 Å². The maximum atomic E-state index is 13.4. The van der Waals surface area contributed by atoms with Gasteiger partial charge in [0.2, 0.25) is 0 Å². The zero-order valence-corrected chi connectivity index (χ0v) is 16.8. The Labute approximate surface area is 174 Å². The van der Waals surface area contributed by atoms with E-state index in [0.717, 1.165) is 35.6 Å². The highest BCUT2D eigenvalue weighted by Crippen LogP contribution is 2.36. The van der Waals surface area contributed by atoms with Gasteiger partial charge in [-0.05, 0) is 31.9 Å². The first-order valence-corrected chi connectivity index (χ1v) is 10.2. The first-order chi connectivity index (χ1) is 14.5. The molecule has 152 valence electrons. The van der Waals surface area contributed by atoms with Gasteiger partial charge in [-0.2, -0.15) is 0 Å². The molecule has 7 nitrogen and oxygen atoms in total. The van der Waals surface area contributed by atoms with Crippen LogP contribution < -0.4 is 5.73 Å². The van der Waals surface area contributed by atoms with Gasteiger partial charge in [0, 0.05) is 30.3 Å². The number of rotatable bonds is 3. The number of amides is 2. The third-order valence-corrected chi connectivity index (χ3v) is 6.12. The van der Waals surface area contributed by atoms with Gasteiger partial charge in [0.25, 0.3) is 11.8 Å². The summed E-state index contributed by atoms with van der Waals surface area (Å²) in [6.07, 6.45) is 2.37. The molecule has 4 heterocycles. The maximum Gasteiger partial charge on any atom is 0.273 e. The summed E-state index contributed by atoms with van der Waals surface area (Å²) in [5.74, 6) is 0.150. The number of hydrogen-bond acceptors (Lipinski definition) is 4. The highest BCUT2D eigenvalue weighted by molar-refractivity contribution is 5.94. The Kier molecular flexibility index (Phi) is 4.38. The van der Waals surface area contributed by atoms with Gasteiger partial charge in [-0.25, -0.2) is 9.97 Å². The van der Waals surface area contributed by atoms with Crippen molar-refractivity contribution in [2.75, 3.05) is 0 Å². The van der Waals surface area contributed by atoms with Crippen molar-refractivity contribution in [2.24, 2.45) is 5.73 Å². The minimum absolute atomic E-state index is 0.00415. The van der Waals surface area contributed by atoms with Crippen molar-refractivity contribution in [3.63, 3.8) is 0 Å². The number of carbonyl (C=O) groups is 2. The maximum absolute atomic E-state index is 13.4. The highest BCUT2D eigenvalue weighted by atomic mass is 16.2. The molecule has 2 atom stereocenters. The molecule has 2 amide bonds. The van der Waals surface area contributed by atoms with Crippen molar-refractivity contribution in [2.45, 2.75) is 44.8 Å². The van der Waals surface area contributed by atoms with Crippen molar-refractivity contribution < 1.29 is 9.59 Å². The SMILES string of the molecule is Cc1cccc(C(=O)N2[C@@H]3CC[C@H]2Cc2c(C(N)=O)nc(-c4ccccc4)n2C3)n1. The Morgan fingerprint density at radius 3 is 2.50 bits per heavy atom. The van der Waals surface area contributed by atoms with E-state index in [2.05, 4.69) is 14.5 Å². The average Bonchev–Trinajstić information content (AvgIpc) is 3.24. The average molecular weight is 401 g/mol. The lowest BCUT2D eigenvalue weighted by molar-refractivity contribution is 0.0659. The van der Waals surface area contributed by atoms with Crippen molar-refractivity contribution >= 4 is 11.8 Å². The van der Waals surface area contributed by atoms with Gasteiger partial charge in [0.1, 0.15) is 17.2 Å². The summed E-state index contributed by atoms with van der Waals surface area (Å²) >= 11 is 0. The second kappa shape index (κ2) is 7.09. The summed E-state index contributed by atoms with van der Waals surface area (Å²) in [6.45, 7) is 2.48. The Balaban J connectivity index is 1.57. The summed E-state index contributed by atoms with van der Waals surface area (Å²) in [6, 6.07) is 15.3. The number of aryl methyl sites for hydroxylation is 1. The van der Waals surface area contributed by atoms with Crippen molar-refractivity contribution in [3.05, 3.63) is 71.3 Å². The van der Waals surface area contributed by atoms with E-state index in [1.165, 1.54) is 0 Å². The molecule has 0 spiro atoms. The number of pyridine rings is 1. The highest BCUT2D eigenvalue weighted by Gasteiger charge is 2.42. The van der Waals surface area contributed by atoms with Gasteiger partial charge in [0.05, 0.1) is 11.7 Å². The van der Waals surface area contributed by atoms with Crippen LogP contribution in [0.4, 0.5) is 0 Å². The molecule has 2 N–H and O–H groups in total. The van der Waals surface area contributed by atoms with E-state index in [4.69, 9.17) is 5.73 Å². The van der Waals surface area contributed by atoms with E-state index >= 15 is 0 Å².